The molecular formula is C9H5BrF3N3. The molecule has 0 bridgehead atoms. The van der Waals surface area contributed by atoms with Crippen LogP contribution in [0.3, 0.4) is 0 Å². The minimum atomic E-state index is -4.46. The van der Waals surface area contributed by atoms with Gasteiger partial charge in [0.15, 0.2) is 5.82 Å². The Hall–Kier alpha value is -1.37. The molecule has 3 nitrogen and oxygen atoms in total. The summed E-state index contributed by atoms with van der Waals surface area (Å²) < 4.78 is 39.5. The van der Waals surface area contributed by atoms with Crippen LogP contribution in [0.15, 0.2) is 35.2 Å². The van der Waals surface area contributed by atoms with Gasteiger partial charge in [-0.25, -0.2) is 9.67 Å². The molecule has 0 saturated carbocycles. The molecule has 0 aliphatic rings. The quantitative estimate of drug-likeness (QED) is 0.808. The number of hydrogen-bond acceptors (Lipinski definition) is 2. The van der Waals surface area contributed by atoms with Gasteiger partial charge in [0.05, 0.1) is 0 Å². The SMILES string of the molecule is FC(F)(F)c1cc(Br)cnc1-n1cccn1. The van der Waals surface area contributed by atoms with Gasteiger partial charge in [-0.3, -0.25) is 0 Å². The highest BCUT2D eigenvalue weighted by molar-refractivity contribution is 9.10. The minimum Gasteiger partial charge on any atom is -0.235 e. The van der Waals surface area contributed by atoms with Gasteiger partial charge < -0.3 is 0 Å². The summed E-state index contributed by atoms with van der Waals surface area (Å²) in [5.41, 5.74) is -0.828. The van der Waals surface area contributed by atoms with Crippen molar-refractivity contribution in [1.82, 2.24) is 14.8 Å². The van der Waals surface area contributed by atoms with Gasteiger partial charge in [-0.1, -0.05) is 0 Å². The van der Waals surface area contributed by atoms with Gasteiger partial charge in [0, 0.05) is 23.1 Å². The number of hydrogen-bond donors (Lipinski definition) is 0. The van der Waals surface area contributed by atoms with Crippen LogP contribution in [0.4, 0.5) is 13.2 Å². The first-order valence-corrected chi connectivity index (χ1v) is 5.00. The first kappa shape index (κ1) is 11.1. The molecule has 2 aromatic heterocycles. The number of nitrogens with zero attached hydrogens (tertiary/aromatic N) is 3. The average Bonchev–Trinajstić information content (AvgIpc) is 2.69. The molecule has 2 aromatic rings. The first-order valence-electron chi connectivity index (χ1n) is 4.21. The summed E-state index contributed by atoms with van der Waals surface area (Å²) in [4.78, 5) is 3.72. The van der Waals surface area contributed by atoms with Gasteiger partial charge in [-0.15, -0.1) is 0 Å². The van der Waals surface area contributed by atoms with E-state index in [4.69, 9.17) is 0 Å². The van der Waals surface area contributed by atoms with E-state index in [0.717, 1.165) is 10.7 Å². The number of pyridine rings is 1. The second-order valence-corrected chi connectivity index (χ2v) is 3.89. The van der Waals surface area contributed by atoms with Gasteiger partial charge in [-0.05, 0) is 28.1 Å². The maximum Gasteiger partial charge on any atom is 0.420 e. The molecule has 0 fully saturated rings. The van der Waals surface area contributed by atoms with Crippen molar-refractivity contribution in [1.29, 1.82) is 0 Å². The van der Waals surface area contributed by atoms with Crippen molar-refractivity contribution in [3.05, 3.63) is 40.8 Å². The standard InChI is InChI=1S/C9H5BrF3N3/c10-6-4-7(9(11,12)13)8(14-5-6)16-3-1-2-15-16/h1-5H. The van der Waals surface area contributed by atoms with Crippen molar-refractivity contribution in [3.63, 3.8) is 0 Å². The van der Waals surface area contributed by atoms with Crippen molar-refractivity contribution >= 4 is 15.9 Å². The van der Waals surface area contributed by atoms with Crippen LogP contribution < -0.4 is 0 Å². The fraction of sp³-hybridized carbons (Fsp3) is 0.111. The fourth-order valence-corrected chi connectivity index (χ4v) is 1.55. The van der Waals surface area contributed by atoms with Crippen molar-refractivity contribution in [2.45, 2.75) is 6.18 Å². The number of aromatic nitrogens is 3. The highest BCUT2D eigenvalue weighted by atomic mass is 79.9. The van der Waals surface area contributed by atoms with Gasteiger partial charge in [0.2, 0.25) is 0 Å². The Balaban J connectivity index is 2.62. The molecule has 0 spiro atoms. The lowest BCUT2D eigenvalue weighted by molar-refractivity contribution is -0.137. The van der Waals surface area contributed by atoms with Crippen LogP contribution in [0.5, 0.6) is 0 Å². The Morgan fingerprint density at radius 3 is 2.62 bits per heavy atom. The maximum atomic E-state index is 12.7. The van der Waals surface area contributed by atoms with Crippen LogP contribution in [0.1, 0.15) is 5.56 Å². The zero-order chi connectivity index (χ0) is 11.8. The molecule has 0 radical (unpaired) electrons. The Bertz CT molecular complexity index is 493. The van der Waals surface area contributed by atoms with Crippen LogP contribution in [0.25, 0.3) is 5.82 Å². The molecular weight excluding hydrogens is 287 g/mol. The zero-order valence-corrected chi connectivity index (χ0v) is 9.33. The van der Waals surface area contributed by atoms with E-state index in [0.29, 0.717) is 0 Å². The number of halogens is 4. The zero-order valence-electron chi connectivity index (χ0n) is 7.74. The third-order valence-electron chi connectivity index (χ3n) is 1.86. The minimum absolute atomic E-state index is 0.235. The topological polar surface area (TPSA) is 30.7 Å². The largest absolute Gasteiger partial charge is 0.420 e. The van der Waals surface area contributed by atoms with Crippen molar-refractivity contribution in [2.75, 3.05) is 0 Å². The fourth-order valence-electron chi connectivity index (χ4n) is 1.22. The van der Waals surface area contributed by atoms with E-state index in [1.54, 1.807) is 0 Å². The first-order chi connectivity index (χ1) is 7.48. The molecule has 2 heterocycles. The molecule has 0 amide bonds. The summed E-state index contributed by atoms with van der Waals surface area (Å²) in [6.45, 7) is 0. The van der Waals surface area contributed by atoms with Gasteiger partial charge in [-0.2, -0.15) is 18.3 Å². The van der Waals surface area contributed by atoms with E-state index in [2.05, 4.69) is 26.0 Å². The van der Waals surface area contributed by atoms with Crippen LogP contribution in [0.2, 0.25) is 0 Å². The number of alkyl halides is 3. The average molecular weight is 292 g/mol. The van der Waals surface area contributed by atoms with E-state index in [9.17, 15) is 13.2 Å². The Kier molecular flexibility index (Phi) is 2.71. The van der Waals surface area contributed by atoms with Crippen LogP contribution in [-0.2, 0) is 6.18 Å². The summed E-state index contributed by atoms with van der Waals surface area (Å²) in [5, 5.41) is 3.73. The van der Waals surface area contributed by atoms with E-state index in [1.165, 1.54) is 24.7 Å². The molecule has 16 heavy (non-hydrogen) atoms. The monoisotopic (exact) mass is 291 g/mol. The molecule has 0 N–H and O–H groups in total. The number of rotatable bonds is 1. The molecule has 0 aromatic carbocycles. The highest BCUT2D eigenvalue weighted by Crippen LogP contribution is 2.34. The van der Waals surface area contributed by atoms with Crippen LogP contribution in [-0.4, -0.2) is 14.8 Å². The van der Waals surface area contributed by atoms with E-state index < -0.39 is 11.7 Å². The van der Waals surface area contributed by atoms with E-state index in [-0.39, 0.29) is 10.3 Å². The van der Waals surface area contributed by atoms with Gasteiger partial charge in [0.1, 0.15) is 5.56 Å². The molecule has 0 saturated heterocycles. The normalized spacial score (nSPS) is 11.8. The lowest BCUT2D eigenvalue weighted by atomic mass is 10.2. The summed E-state index contributed by atoms with van der Waals surface area (Å²) in [5.74, 6) is -0.235. The predicted octanol–water partition coefficient (Wildman–Crippen LogP) is 3.05. The van der Waals surface area contributed by atoms with Gasteiger partial charge in [0.25, 0.3) is 0 Å². The summed E-state index contributed by atoms with van der Waals surface area (Å²) in [6.07, 6.45) is -0.361. The van der Waals surface area contributed by atoms with Crippen molar-refractivity contribution in [2.24, 2.45) is 0 Å². The highest BCUT2D eigenvalue weighted by Gasteiger charge is 2.35. The summed E-state index contributed by atoms with van der Waals surface area (Å²) in [6, 6.07) is 2.51. The second-order valence-electron chi connectivity index (χ2n) is 2.97. The van der Waals surface area contributed by atoms with E-state index in [1.807, 2.05) is 0 Å². The van der Waals surface area contributed by atoms with Crippen LogP contribution in [0, 0.1) is 0 Å². The maximum absolute atomic E-state index is 12.7. The van der Waals surface area contributed by atoms with Crippen molar-refractivity contribution < 1.29 is 13.2 Å². The van der Waals surface area contributed by atoms with E-state index >= 15 is 0 Å². The van der Waals surface area contributed by atoms with Crippen molar-refractivity contribution in [3.8, 4) is 5.82 Å². The molecule has 2 rings (SSSR count). The summed E-state index contributed by atoms with van der Waals surface area (Å²) in [7, 11) is 0. The third kappa shape index (κ3) is 2.08. The Morgan fingerprint density at radius 1 is 1.31 bits per heavy atom. The lowest BCUT2D eigenvalue weighted by Gasteiger charge is -2.11. The molecule has 0 aliphatic carbocycles. The lowest BCUT2D eigenvalue weighted by Crippen LogP contribution is -2.12. The summed E-state index contributed by atoms with van der Waals surface area (Å²) >= 11 is 2.96. The van der Waals surface area contributed by atoms with Gasteiger partial charge >= 0.3 is 6.18 Å². The Labute approximate surface area is 97.0 Å². The Morgan fingerprint density at radius 2 is 2.06 bits per heavy atom. The molecule has 0 aliphatic heterocycles. The van der Waals surface area contributed by atoms with Crippen LogP contribution >= 0.6 is 15.9 Å². The second kappa shape index (κ2) is 3.89. The molecule has 84 valence electrons. The predicted molar refractivity (Wildman–Crippen MR) is 54.1 cm³/mol. The third-order valence-corrected chi connectivity index (χ3v) is 2.29. The molecule has 7 heteroatoms. The smallest absolute Gasteiger partial charge is 0.235 e. The molecule has 0 unspecified atom stereocenters. The molecule has 0 atom stereocenters.